The second-order valence-corrected chi connectivity index (χ2v) is 8.27. The molecule has 2 aliphatic rings. The lowest BCUT2D eigenvalue weighted by Crippen LogP contribution is -2.51. The summed E-state index contributed by atoms with van der Waals surface area (Å²) in [4.78, 5) is 0. The van der Waals surface area contributed by atoms with Crippen molar-refractivity contribution in [3.05, 3.63) is 0 Å². The first-order chi connectivity index (χ1) is 9.42. The Hall–Kier alpha value is -0.0800. The molecule has 0 aromatic carbocycles. The van der Waals surface area contributed by atoms with E-state index in [4.69, 9.17) is 4.74 Å². The summed E-state index contributed by atoms with van der Waals surface area (Å²) >= 11 is 0. The fourth-order valence-electron chi connectivity index (χ4n) is 3.28. The van der Waals surface area contributed by atoms with Gasteiger partial charge in [0.2, 0.25) is 0 Å². The lowest BCUT2D eigenvalue weighted by molar-refractivity contribution is -0.0835. The summed E-state index contributed by atoms with van der Waals surface area (Å²) in [5, 5.41) is 3.70. The van der Waals surface area contributed by atoms with Gasteiger partial charge in [-0.1, -0.05) is 19.8 Å². The predicted octanol–water partition coefficient (Wildman–Crippen LogP) is 4.53. The molecule has 0 unspecified atom stereocenters. The molecule has 0 radical (unpaired) electrons. The van der Waals surface area contributed by atoms with Crippen LogP contribution in [0.5, 0.6) is 0 Å². The van der Waals surface area contributed by atoms with Gasteiger partial charge in [0.15, 0.2) is 0 Å². The second kappa shape index (κ2) is 6.79. The molecule has 0 spiro atoms. The third kappa shape index (κ3) is 5.37. The van der Waals surface area contributed by atoms with Crippen molar-refractivity contribution in [3.8, 4) is 0 Å². The van der Waals surface area contributed by atoms with Gasteiger partial charge in [-0.3, -0.25) is 0 Å². The van der Waals surface area contributed by atoms with Crippen molar-refractivity contribution in [1.29, 1.82) is 0 Å². The van der Waals surface area contributed by atoms with Gasteiger partial charge < -0.3 is 10.1 Å². The van der Waals surface area contributed by atoms with Gasteiger partial charge in [-0.05, 0) is 71.1 Å². The normalized spacial score (nSPS) is 31.5. The summed E-state index contributed by atoms with van der Waals surface area (Å²) < 4.78 is 6.45. The zero-order chi connectivity index (χ0) is 14.6. The molecular formula is C18H35NO. The standard InChI is InChI=1S/C18H35NO/c1-5-6-15-9-11-18(12-10-15,14-19-17(2,3)4)20-13-16-7-8-16/h15-16,19H,5-14H2,1-4H3. The van der Waals surface area contributed by atoms with Crippen LogP contribution in [0.2, 0.25) is 0 Å². The van der Waals surface area contributed by atoms with E-state index in [9.17, 15) is 0 Å². The highest BCUT2D eigenvalue weighted by Gasteiger charge is 2.38. The Balaban J connectivity index is 1.86. The number of hydrogen-bond donors (Lipinski definition) is 1. The molecule has 0 aromatic rings. The van der Waals surface area contributed by atoms with Crippen molar-refractivity contribution in [2.45, 2.75) is 90.2 Å². The Morgan fingerprint density at radius 3 is 2.20 bits per heavy atom. The van der Waals surface area contributed by atoms with E-state index in [1.54, 1.807) is 0 Å². The predicted molar refractivity (Wildman–Crippen MR) is 86.0 cm³/mol. The molecule has 2 saturated carbocycles. The second-order valence-electron chi connectivity index (χ2n) is 8.27. The summed E-state index contributed by atoms with van der Waals surface area (Å²) in [6.07, 6.45) is 10.8. The summed E-state index contributed by atoms with van der Waals surface area (Å²) in [7, 11) is 0. The maximum absolute atomic E-state index is 6.45. The van der Waals surface area contributed by atoms with E-state index in [0.717, 1.165) is 25.0 Å². The van der Waals surface area contributed by atoms with Crippen LogP contribution in [0.1, 0.15) is 79.1 Å². The number of hydrogen-bond acceptors (Lipinski definition) is 2. The Bertz CT molecular complexity index is 282. The fourth-order valence-corrected chi connectivity index (χ4v) is 3.28. The van der Waals surface area contributed by atoms with E-state index in [1.807, 2.05) is 0 Å². The van der Waals surface area contributed by atoms with Gasteiger partial charge in [0, 0.05) is 12.1 Å². The monoisotopic (exact) mass is 281 g/mol. The molecule has 118 valence electrons. The van der Waals surface area contributed by atoms with Crippen LogP contribution in [-0.2, 0) is 4.74 Å². The largest absolute Gasteiger partial charge is 0.373 e. The van der Waals surface area contributed by atoms with Crippen LogP contribution in [0.25, 0.3) is 0 Å². The minimum absolute atomic E-state index is 0.125. The highest BCUT2D eigenvalue weighted by molar-refractivity contribution is 4.92. The molecule has 0 aromatic heterocycles. The maximum atomic E-state index is 6.45. The molecule has 1 N–H and O–H groups in total. The van der Waals surface area contributed by atoms with E-state index >= 15 is 0 Å². The molecule has 0 amide bonds. The first-order valence-corrected chi connectivity index (χ1v) is 8.81. The fraction of sp³-hybridized carbons (Fsp3) is 1.00. The zero-order valence-electron chi connectivity index (χ0n) is 14.1. The minimum Gasteiger partial charge on any atom is -0.373 e. The van der Waals surface area contributed by atoms with Gasteiger partial charge in [0.25, 0.3) is 0 Å². The van der Waals surface area contributed by atoms with E-state index < -0.39 is 0 Å². The Kier molecular flexibility index (Phi) is 5.53. The first-order valence-electron chi connectivity index (χ1n) is 8.81. The third-order valence-corrected chi connectivity index (χ3v) is 4.98. The molecular weight excluding hydrogens is 246 g/mol. The Labute approximate surface area is 126 Å². The van der Waals surface area contributed by atoms with Crippen molar-refractivity contribution in [1.82, 2.24) is 5.32 Å². The lowest BCUT2D eigenvalue weighted by atomic mass is 9.76. The molecule has 0 aliphatic heterocycles. The molecule has 20 heavy (non-hydrogen) atoms. The van der Waals surface area contributed by atoms with Crippen molar-refractivity contribution in [2.75, 3.05) is 13.2 Å². The maximum Gasteiger partial charge on any atom is 0.0806 e. The van der Waals surface area contributed by atoms with Gasteiger partial charge in [0.05, 0.1) is 12.2 Å². The van der Waals surface area contributed by atoms with E-state index in [2.05, 4.69) is 33.0 Å². The van der Waals surface area contributed by atoms with Crippen molar-refractivity contribution in [3.63, 3.8) is 0 Å². The molecule has 0 bridgehead atoms. The van der Waals surface area contributed by atoms with E-state index in [-0.39, 0.29) is 11.1 Å². The highest BCUT2D eigenvalue weighted by Crippen LogP contribution is 2.39. The van der Waals surface area contributed by atoms with Crippen LogP contribution < -0.4 is 5.32 Å². The zero-order valence-corrected chi connectivity index (χ0v) is 14.1. The van der Waals surface area contributed by atoms with Crippen LogP contribution in [0.4, 0.5) is 0 Å². The molecule has 2 fully saturated rings. The molecule has 0 heterocycles. The third-order valence-electron chi connectivity index (χ3n) is 4.98. The molecule has 2 rings (SSSR count). The van der Waals surface area contributed by atoms with Gasteiger partial charge in [-0.15, -0.1) is 0 Å². The number of ether oxygens (including phenoxy) is 1. The van der Waals surface area contributed by atoms with Crippen LogP contribution in [-0.4, -0.2) is 24.3 Å². The van der Waals surface area contributed by atoms with Crippen LogP contribution >= 0.6 is 0 Å². The van der Waals surface area contributed by atoms with Gasteiger partial charge in [0.1, 0.15) is 0 Å². The van der Waals surface area contributed by atoms with E-state index in [0.29, 0.717) is 0 Å². The molecule has 2 aliphatic carbocycles. The lowest BCUT2D eigenvalue weighted by Gasteiger charge is -2.42. The molecule has 2 nitrogen and oxygen atoms in total. The molecule has 0 atom stereocenters. The summed E-state index contributed by atoms with van der Waals surface area (Å²) in [6, 6.07) is 0. The summed E-state index contributed by atoms with van der Waals surface area (Å²) in [5.74, 6) is 1.82. The first kappa shape index (κ1) is 16.3. The SMILES string of the molecule is CCCC1CCC(CNC(C)(C)C)(OCC2CC2)CC1. The van der Waals surface area contributed by atoms with Gasteiger partial charge >= 0.3 is 0 Å². The average Bonchev–Trinajstić information content (AvgIpc) is 3.20. The summed E-state index contributed by atoms with van der Waals surface area (Å²) in [6.45, 7) is 11.1. The van der Waals surface area contributed by atoms with Crippen LogP contribution in [0.15, 0.2) is 0 Å². The quantitative estimate of drug-likeness (QED) is 0.740. The van der Waals surface area contributed by atoms with E-state index in [1.165, 1.54) is 51.4 Å². The number of nitrogens with one attached hydrogen (secondary N) is 1. The van der Waals surface area contributed by atoms with Gasteiger partial charge in [-0.2, -0.15) is 0 Å². The average molecular weight is 281 g/mol. The van der Waals surface area contributed by atoms with Crippen molar-refractivity contribution < 1.29 is 4.74 Å². The Morgan fingerprint density at radius 1 is 1.05 bits per heavy atom. The molecule has 0 saturated heterocycles. The smallest absolute Gasteiger partial charge is 0.0806 e. The van der Waals surface area contributed by atoms with Crippen molar-refractivity contribution in [2.24, 2.45) is 11.8 Å². The Morgan fingerprint density at radius 2 is 1.70 bits per heavy atom. The summed E-state index contributed by atoms with van der Waals surface area (Å²) in [5.41, 5.74) is 0.316. The minimum atomic E-state index is 0.125. The van der Waals surface area contributed by atoms with Crippen molar-refractivity contribution >= 4 is 0 Å². The highest BCUT2D eigenvalue weighted by atomic mass is 16.5. The van der Waals surface area contributed by atoms with Crippen LogP contribution in [0, 0.1) is 11.8 Å². The molecule has 2 heteroatoms. The van der Waals surface area contributed by atoms with Crippen LogP contribution in [0.3, 0.4) is 0 Å². The topological polar surface area (TPSA) is 21.3 Å². The van der Waals surface area contributed by atoms with Gasteiger partial charge in [-0.25, -0.2) is 0 Å². The number of rotatable bonds is 7.